The molecule has 19 heavy (non-hydrogen) atoms. The van der Waals surface area contributed by atoms with E-state index in [-0.39, 0.29) is 15.6 Å². The molecular weight excluding hydrogens is 288 g/mol. The molecule has 0 saturated carbocycles. The molecule has 7 heteroatoms. The molecule has 0 aliphatic rings. The van der Waals surface area contributed by atoms with Crippen molar-refractivity contribution in [1.82, 2.24) is 4.98 Å². The van der Waals surface area contributed by atoms with Crippen molar-refractivity contribution >= 4 is 27.3 Å². The molecule has 2 rings (SSSR count). The second-order valence-corrected chi connectivity index (χ2v) is 5.67. The van der Waals surface area contributed by atoms with E-state index < -0.39 is 10.0 Å². The summed E-state index contributed by atoms with van der Waals surface area (Å²) in [6.07, 6.45) is 2.87. The van der Waals surface area contributed by atoms with Crippen molar-refractivity contribution in [2.45, 2.75) is 4.90 Å². The molecule has 0 aliphatic heterocycles. The number of nitrogens with zero attached hydrogens (tertiary/aromatic N) is 1. The van der Waals surface area contributed by atoms with Crippen LogP contribution in [0.2, 0.25) is 5.02 Å². The molecular formula is C12H11ClN2O3S. The molecule has 1 heterocycles. The maximum absolute atomic E-state index is 12.2. The highest BCUT2D eigenvalue weighted by atomic mass is 35.5. The van der Waals surface area contributed by atoms with E-state index >= 15 is 0 Å². The fraction of sp³-hybridized carbons (Fsp3) is 0.0833. The lowest BCUT2D eigenvalue weighted by molar-refractivity contribution is 0.416. The number of benzene rings is 1. The van der Waals surface area contributed by atoms with Crippen molar-refractivity contribution in [2.24, 2.45) is 0 Å². The lowest BCUT2D eigenvalue weighted by atomic mass is 10.4. The summed E-state index contributed by atoms with van der Waals surface area (Å²) in [5.41, 5.74) is 0.255. The number of anilines is 1. The molecule has 0 saturated heterocycles. The van der Waals surface area contributed by atoms with Gasteiger partial charge < -0.3 is 4.74 Å². The van der Waals surface area contributed by atoms with E-state index in [9.17, 15) is 8.42 Å². The van der Waals surface area contributed by atoms with Crippen LogP contribution in [-0.2, 0) is 10.0 Å². The fourth-order valence-electron chi connectivity index (χ4n) is 1.50. The molecule has 1 N–H and O–H groups in total. The van der Waals surface area contributed by atoms with E-state index in [4.69, 9.17) is 16.3 Å². The molecule has 100 valence electrons. The Morgan fingerprint density at radius 2 is 2.00 bits per heavy atom. The van der Waals surface area contributed by atoms with E-state index in [2.05, 4.69) is 9.71 Å². The van der Waals surface area contributed by atoms with Gasteiger partial charge in [-0.1, -0.05) is 23.7 Å². The Hall–Kier alpha value is -1.79. The molecule has 1 aromatic carbocycles. The average molecular weight is 299 g/mol. The minimum atomic E-state index is -3.78. The van der Waals surface area contributed by atoms with Crippen LogP contribution in [0.25, 0.3) is 0 Å². The van der Waals surface area contributed by atoms with Crippen LogP contribution in [0.3, 0.4) is 0 Å². The highest BCUT2D eigenvalue weighted by Crippen LogP contribution is 2.27. The molecule has 0 fully saturated rings. The Morgan fingerprint density at radius 3 is 2.68 bits per heavy atom. The second kappa shape index (κ2) is 5.46. The van der Waals surface area contributed by atoms with E-state index in [0.29, 0.717) is 5.75 Å². The molecule has 0 bridgehead atoms. The Labute approximate surface area is 116 Å². The molecule has 2 aromatic rings. The van der Waals surface area contributed by atoms with Gasteiger partial charge in [0, 0.05) is 12.3 Å². The summed E-state index contributed by atoms with van der Waals surface area (Å²) in [6, 6.07) is 7.75. The van der Waals surface area contributed by atoms with Crippen LogP contribution in [-0.4, -0.2) is 20.5 Å². The van der Waals surface area contributed by atoms with E-state index in [0.717, 1.165) is 0 Å². The molecule has 0 unspecified atom stereocenters. The monoisotopic (exact) mass is 298 g/mol. The van der Waals surface area contributed by atoms with Gasteiger partial charge in [-0.25, -0.2) is 8.42 Å². The Kier molecular flexibility index (Phi) is 3.92. The van der Waals surface area contributed by atoms with Crippen molar-refractivity contribution < 1.29 is 13.2 Å². The minimum absolute atomic E-state index is 0.00238. The largest absolute Gasteiger partial charge is 0.494 e. The lowest BCUT2D eigenvalue weighted by Gasteiger charge is -2.11. The number of pyridine rings is 1. The highest BCUT2D eigenvalue weighted by molar-refractivity contribution is 7.92. The van der Waals surface area contributed by atoms with Crippen LogP contribution in [0.1, 0.15) is 0 Å². The fourth-order valence-corrected chi connectivity index (χ4v) is 3.07. The number of ether oxygens (including phenoxy) is 1. The Morgan fingerprint density at radius 1 is 1.26 bits per heavy atom. The number of hydrogen-bond donors (Lipinski definition) is 1. The third kappa shape index (κ3) is 2.97. The maximum atomic E-state index is 12.2. The number of halogens is 1. The molecule has 0 atom stereocenters. The maximum Gasteiger partial charge on any atom is 0.263 e. The van der Waals surface area contributed by atoms with Crippen LogP contribution in [0.4, 0.5) is 5.69 Å². The number of sulfonamides is 1. The van der Waals surface area contributed by atoms with Crippen LogP contribution in [0, 0.1) is 0 Å². The molecule has 0 spiro atoms. The number of methoxy groups -OCH3 is 1. The van der Waals surface area contributed by atoms with Gasteiger partial charge in [0.1, 0.15) is 16.3 Å². The zero-order valence-electron chi connectivity index (χ0n) is 10.00. The van der Waals surface area contributed by atoms with Crippen molar-refractivity contribution in [1.29, 1.82) is 0 Å². The normalized spacial score (nSPS) is 11.1. The van der Waals surface area contributed by atoms with Gasteiger partial charge in [-0.3, -0.25) is 9.71 Å². The van der Waals surface area contributed by atoms with Gasteiger partial charge in [0.25, 0.3) is 10.0 Å². The first-order valence-electron chi connectivity index (χ1n) is 5.30. The summed E-state index contributed by atoms with van der Waals surface area (Å²) >= 11 is 5.88. The van der Waals surface area contributed by atoms with Crippen LogP contribution >= 0.6 is 11.6 Å². The van der Waals surface area contributed by atoms with Crippen molar-refractivity contribution in [3.63, 3.8) is 0 Å². The summed E-state index contributed by atoms with van der Waals surface area (Å²) in [5.74, 6) is 0.380. The number of aromatic nitrogens is 1. The van der Waals surface area contributed by atoms with Gasteiger partial charge >= 0.3 is 0 Å². The van der Waals surface area contributed by atoms with Gasteiger partial charge in [-0.2, -0.15) is 0 Å². The van der Waals surface area contributed by atoms with E-state index in [1.165, 1.54) is 31.6 Å². The Bertz CT molecular complexity index is 689. The van der Waals surface area contributed by atoms with Crippen LogP contribution in [0.5, 0.6) is 5.75 Å². The first-order valence-corrected chi connectivity index (χ1v) is 7.16. The highest BCUT2D eigenvalue weighted by Gasteiger charge is 2.19. The molecule has 0 amide bonds. The molecule has 5 nitrogen and oxygen atoms in total. The third-order valence-electron chi connectivity index (χ3n) is 2.37. The van der Waals surface area contributed by atoms with E-state index in [1.807, 2.05) is 0 Å². The summed E-state index contributed by atoms with van der Waals surface area (Å²) in [5, 5.41) is 0.151. The van der Waals surface area contributed by atoms with Crippen LogP contribution < -0.4 is 9.46 Å². The van der Waals surface area contributed by atoms with Gasteiger partial charge in [0.05, 0.1) is 18.3 Å². The van der Waals surface area contributed by atoms with Gasteiger partial charge in [-0.15, -0.1) is 0 Å². The third-order valence-corrected chi connectivity index (χ3v) is 4.24. The van der Waals surface area contributed by atoms with Crippen molar-refractivity contribution in [2.75, 3.05) is 11.8 Å². The topological polar surface area (TPSA) is 68.3 Å². The number of rotatable bonds is 4. The summed E-state index contributed by atoms with van der Waals surface area (Å²) in [6.45, 7) is 0. The molecule has 0 radical (unpaired) electrons. The van der Waals surface area contributed by atoms with Gasteiger partial charge in [0.15, 0.2) is 0 Å². The first-order chi connectivity index (χ1) is 9.04. The standard InChI is InChI=1S/C12H11ClN2O3S/c1-18-11-6-7-14-8-10(11)15-19(16,17)12-5-3-2-4-9(12)13/h2-8,15H,1H3. The Balaban J connectivity index is 2.40. The SMILES string of the molecule is COc1ccncc1NS(=O)(=O)c1ccccc1Cl. The average Bonchev–Trinajstić information content (AvgIpc) is 2.39. The van der Waals surface area contributed by atoms with Crippen molar-refractivity contribution in [3.8, 4) is 5.75 Å². The quantitative estimate of drug-likeness (QED) is 0.942. The molecule has 0 aliphatic carbocycles. The smallest absolute Gasteiger partial charge is 0.263 e. The number of nitrogens with one attached hydrogen (secondary N) is 1. The van der Waals surface area contributed by atoms with Gasteiger partial charge in [0.2, 0.25) is 0 Å². The predicted molar refractivity (Wildman–Crippen MR) is 73.0 cm³/mol. The zero-order valence-corrected chi connectivity index (χ0v) is 11.6. The van der Waals surface area contributed by atoms with Crippen LogP contribution in [0.15, 0.2) is 47.6 Å². The lowest BCUT2D eigenvalue weighted by Crippen LogP contribution is -2.14. The first kappa shape index (κ1) is 13.6. The second-order valence-electron chi connectivity index (χ2n) is 3.61. The predicted octanol–water partition coefficient (Wildman–Crippen LogP) is 2.54. The van der Waals surface area contributed by atoms with E-state index in [1.54, 1.807) is 18.2 Å². The summed E-state index contributed by atoms with van der Waals surface area (Å²) in [4.78, 5) is 3.86. The number of hydrogen-bond acceptors (Lipinski definition) is 4. The summed E-state index contributed by atoms with van der Waals surface area (Å²) in [7, 11) is -2.33. The summed E-state index contributed by atoms with van der Waals surface area (Å²) < 4.78 is 31.9. The van der Waals surface area contributed by atoms with Gasteiger partial charge in [-0.05, 0) is 12.1 Å². The van der Waals surface area contributed by atoms with Crippen molar-refractivity contribution in [3.05, 3.63) is 47.7 Å². The zero-order chi connectivity index (χ0) is 13.9. The molecule has 1 aromatic heterocycles. The minimum Gasteiger partial charge on any atom is -0.494 e.